The van der Waals surface area contributed by atoms with Gasteiger partial charge in [0.2, 0.25) is 10.9 Å². The molecular formula is C20H23N3O3S. The van der Waals surface area contributed by atoms with Crippen LogP contribution in [-0.4, -0.2) is 36.5 Å². The topological polar surface area (TPSA) is 73.7 Å². The van der Waals surface area contributed by atoms with E-state index in [-0.39, 0.29) is 5.75 Å². The quantitative estimate of drug-likeness (QED) is 0.610. The summed E-state index contributed by atoms with van der Waals surface area (Å²) in [4.78, 5) is 6.46. The molecule has 2 aromatic carbocycles. The van der Waals surface area contributed by atoms with Crippen LogP contribution in [0.4, 0.5) is 11.4 Å². The standard InChI is InChI=1S/C20H23N3O3S/c1-3-22(4-2)14-15-13-16(9-10-20(15)24)23(27(25)26)19-11-12-21-18-8-6-5-7-17(18)19/h5-13,24,27H,3-4,14H2,1-2H3. The van der Waals surface area contributed by atoms with Crippen LogP contribution < -0.4 is 4.31 Å². The molecular weight excluding hydrogens is 362 g/mol. The number of thiol groups is 1. The Bertz CT molecular complexity index is 1000. The molecule has 1 heterocycles. The normalized spacial score (nSPS) is 11.4. The van der Waals surface area contributed by atoms with E-state index in [4.69, 9.17) is 0 Å². The first-order valence-corrected chi connectivity index (χ1v) is 10.0. The van der Waals surface area contributed by atoms with E-state index in [0.717, 1.165) is 24.0 Å². The van der Waals surface area contributed by atoms with Crippen LogP contribution in [-0.2, 0) is 17.4 Å². The maximum Gasteiger partial charge on any atom is 0.229 e. The Hall–Kier alpha value is -2.64. The van der Waals surface area contributed by atoms with E-state index in [2.05, 4.69) is 9.88 Å². The highest BCUT2D eigenvalue weighted by Crippen LogP contribution is 2.34. The van der Waals surface area contributed by atoms with E-state index in [1.165, 1.54) is 4.31 Å². The maximum absolute atomic E-state index is 12.1. The Morgan fingerprint density at radius 3 is 2.48 bits per heavy atom. The van der Waals surface area contributed by atoms with Gasteiger partial charge in [0.15, 0.2) is 0 Å². The van der Waals surface area contributed by atoms with Gasteiger partial charge in [-0.3, -0.25) is 9.88 Å². The van der Waals surface area contributed by atoms with Gasteiger partial charge in [0.25, 0.3) is 0 Å². The molecule has 0 bridgehead atoms. The molecule has 0 saturated heterocycles. The molecule has 0 radical (unpaired) electrons. The molecule has 0 amide bonds. The lowest BCUT2D eigenvalue weighted by molar-refractivity contribution is 0.291. The number of pyridine rings is 1. The van der Waals surface area contributed by atoms with Crippen molar-refractivity contribution >= 4 is 33.2 Å². The van der Waals surface area contributed by atoms with E-state index in [1.54, 1.807) is 30.5 Å². The summed E-state index contributed by atoms with van der Waals surface area (Å²) < 4.78 is 25.6. The van der Waals surface area contributed by atoms with E-state index < -0.39 is 10.9 Å². The summed E-state index contributed by atoms with van der Waals surface area (Å²) in [5.74, 6) is 0.159. The minimum Gasteiger partial charge on any atom is -0.508 e. The monoisotopic (exact) mass is 385 g/mol. The van der Waals surface area contributed by atoms with Crippen LogP contribution in [0.1, 0.15) is 19.4 Å². The molecule has 0 saturated carbocycles. The summed E-state index contributed by atoms with van der Waals surface area (Å²) in [6.07, 6.45) is 1.60. The van der Waals surface area contributed by atoms with Gasteiger partial charge in [-0.1, -0.05) is 32.0 Å². The van der Waals surface area contributed by atoms with Gasteiger partial charge in [-0.25, -0.2) is 12.7 Å². The molecule has 3 aromatic rings. The molecule has 1 aromatic heterocycles. The van der Waals surface area contributed by atoms with Gasteiger partial charge in [0.1, 0.15) is 5.75 Å². The van der Waals surface area contributed by atoms with Gasteiger partial charge in [0.05, 0.1) is 16.9 Å². The van der Waals surface area contributed by atoms with Crippen molar-refractivity contribution in [1.29, 1.82) is 0 Å². The van der Waals surface area contributed by atoms with Crippen molar-refractivity contribution < 1.29 is 13.5 Å². The first kappa shape index (κ1) is 19.1. The van der Waals surface area contributed by atoms with E-state index in [1.807, 2.05) is 38.1 Å². The number of phenolic OH excluding ortho intramolecular Hbond substituents is 1. The van der Waals surface area contributed by atoms with Crippen LogP contribution in [0.2, 0.25) is 0 Å². The number of rotatable bonds is 7. The zero-order valence-electron chi connectivity index (χ0n) is 15.4. The summed E-state index contributed by atoms with van der Waals surface area (Å²) in [6, 6.07) is 14.0. The van der Waals surface area contributed by atoms with Crippen LogP contribution in [0.3, 0.4) is 0 Å². The second-order valence-electron chi connectivity index (χ2n) is 6.17. The highest BCUT2D eigenvalue weighted by Gasteiger charge is 2.17. The molecule has 142 valence electrons. The number of aromatic hydroxyl groups is 1. The predicted molar refractivity (Wildman–Crippen MR) is 109 cm³/mol. The number of anilines is 2. The number of hydrogen-bond donors (Lipinski definition) is 2. The highest BCUT2D eigenvalue weighted by molar-refractivity contribution is 7.74. The van der Waals surface area contributed by atoms with Crippen LogP contribution in [0.15, 0.2) is 54.7 Å². The Kier molecular flexibility index (Phi) is 5.93. The van der Waals surface area contributed by atoms with Gasteiger partial charge >= 0.3 is 0 Å². The minimum absolute atomic E-state index is 0.159. The number of aromatic nitrogens is 1. The van der Waals surface area contributed by atoms with Gasteiger partial charge < -0.3 is 5.11 Å². The zero-order valence-corrected chi connectivity index (χ0v) is 16.3. The van der Waals surface area contributed by atoms with E-state index in [0.29, 0.717) is 23.5 Å². The first-order valence-electron chi connectivity index (χ1n) is 8.87. The van der Waals surface area contributed by atoms with Crippen molar-refractivity contribution in [2.24, 2.45) is 0 Å². The van der Waals surface area contributed by atoms with Gasteiger partial charge in [-0.15, -0.1) is 0 Å². The first-order chi connectivity index (χ1) is 13.0. The summed E-state index contributed by atoms with van der Waals surface area (Å²) in [6.45, 7) is 6.33. The summed E-state index contributed by atoms with van der Waals surface area (Å²) in [5, 5.41) is 11.0. The smallest absolute Gasteiger partial charge is 0.229 e. The Morgan fingerprint density at radius 2 is 1.78 bits per heavy atom. The molecule has 0 fully saturated rings. The lowest BCUT2D eigenvalue weighted by atomic mass is 10.1. The Labute approximate surface area is 160 Å². The maximum atomic E-state index is 12.1. The highest BCUT2D eigenvalue weighted by atomic mass is 32.2. The third-order valence-electron chi connectivity index (χ3n) is 4.61. The van der Waals surface area contributed by atoms with Crippen LogP contribution >= 0.6 is 0 Å². The SMILES string of the molecule is CCN(CC)Cc1cc(N(c2ccnc3ccccc23)[SH](=O)=O)ccc1O. The molecule has 27 heavy (non-hydrogen) atoms. The third-order valence-corrected chi connectivity index (χ3v) is 5.39. The second-order valence-corrected chi connectivity index (χ2v) is 7.05. The Balaban J connectivity index is 2.11. The number of phenols is 1. The molecule has 7 heteroatoms. The fraction of sp³-hybridized carbons (Fsp3) is 0.250. The van der Waals surface area contributed by atoms with E-state index in [9.17, 15) is 13.5 Å². The van der Waals surface area contributed by atoms with Crippen molar-refractivity contribution in [2.45, 2.75) is 20.4 Å². The van der Waals surface area contributed by atoms with Crippen LogP contribution in [0.5, 0.6) is 5.75 Å². The average molecular weight is 385 g/mol. The lowest BCUT2D eigenvalue weighted by Crippen LogP contribution is -2.22. The molecule has 0 unspecified atom stereocenters. The van der Waals surface area contributed by atoms with Crippen molar-refractivity contribution in [1.82, 2.24) is 9.88 Å². The van der Waals surface area contributed by atoms with Gasteiger partial charge in [-0.2, -0.15) is 0 Å². The summed E-state index contributed by atoms with van der Waals surface area (Å²) >= 11 is 0. The molecule has 0 spiro atoms. The van der Waals surface area contributed by atoms with E-state index >= 15 is 0 Å². The summed E-state index contributed by atoms with van der Waals surface area (Å²) in [7, 11) is -2.93. The zero-order chi connectivity index (χ0) is 19.4. The molecule has 0 aliphatic carbocycles. The van der Waals surface area contributed by atoms with Crippen LogP contribution in [0.25, 0.3) is 10.9 Å². The molecule has 0 aliphatic heterocycles. The number of benzene rings is 2. The number of nitrogens with zero attached hydrogens (tertiary/aromatic N) is 3. The number of hydrogen-bond acceptors (Lipinski definition) is 5. The van der Waals surface area contributed by atoms with Crippen molar-refractivity contribution in [3.05, 3.63) is 60.3 Å². The fourth-order valence-electron chi connectivity index (χ4n) is 3.11. The molecule has 3 rings (SSSR count). The third kappa shape index (κ3) is 4.04. The van der Waals surface area contributed by atoms with Crippen LogP contribution in [0, 0.1) is 0 Å². The molecule has 0 atom stereocenters. The van der Waals surface area contributed by atoms with Gasteiger partial charge in [0, 0.05) is 23.7 Å². The average Bonchev–Trinajstić information content (AvgIpc) is 2.68. The summed E-state index contributed by atoms with van der Waals surface area (Å²) in [5.41, 5.74) is 2.44. The largest absolute Gasteiger partial charge is 0.508 e. The van der Waals surface area contributed by atoms with Gasteiger partial charge in [-0.05, 0) is 43.4 Å². The predicted octanol–water partition coefficient (Wildman–Crippen LogP) is 3.45. The number of fused-ring (bicyclic) bond motifs is 1. The second kappa shape index (κ2) is 8.37. The van der Waals surface area contributed by atoms with Crippen molar-refractivity contribution in [2.75, 3.05) is 17.4 Å². The molecule has 1 N–H and O–H groups in total. The molecule has 6 nitrogen and oxygen atoms in total. The minimum atomic E-state index is -2.93. The van der Waals surface area contributed by atoms with Crippen molar-refractivity contribution in [3.63, 3.8) is 0 Å². The number of para-hydroxylation sites is 1. The van der Waals surface area contributed by atoms with Crippen molar-refractivity contribution in [3.8, 4) is 5.75 Å². The Morgan fingerprint density at radius 1 is 1.04 bits per heavy atom. The lowest BCUT2D eigenvalue weighted by Gasteiger charge is -2.22. The molecule has 0 aliphatic rings. The fourth-order valence-corrected chi connectivity index (χ4v) is 3.77.